The van der Waals surface area contributed by atoms with Crippen molar-refractivity contribution in [1.82, 2.24) is 25.6 Å². The number of ether oxygens (including phenoxy) is 1. The SMILES string of the molecule is CCOc1ccccc1NC(=O)NCCn1nnc2cc(C(=O)NC3CCCC3)ccc21. The summed E-state index contributed by atoms with van der Waals surface area (Å²) in [6.45, 7) is 3.23. The van der Waals surface area contributed by atoms with Gasteiger partial charge < -0.3 is 20.7 Å². The van der Waals surface area contributed by atoms with Gasteiger partial charge in [-0.05, 0) is 50.1 Å². The van der Waals surface area contributed by atoms with E-state index in [1.54, 1.807) is 22.9 Å². The van der Waals surface area contributed by atoms with Crippen molar-refractivity contribution in [3.8, 4) is 5.75 Å². The van der Waals surface area contributed by atoms with Crippen molar-refractivity contribution >= 4 is 28.7 Å². The number of carbonyl (C=O) groups excluding carboxylic acids is 2. The van der Waals surface area contributed by atoms with E-state index in [4.69, 9.17) is 4.74 Å². The zero-order chi connectivity index (χ0) is 22.3. The van der Waals surface area contributed by atoms with Crippen LogP contribution in [0.2, 0.25) is 0 Å². The predicted octanol–water partition coefficient (Wildman–Crippen LogP) is 3.32. The summed E-state index contributed by atoms with van der Waals surface area (Å²) < 4.78 is 7.23. The highest BCUT2D eigenvalue weighted by Crippen LogP contribution is 2.23. The van der Waals surface area contributed by atoms with Crippen LogP contribution in [0.4, 0.5) is 10.5 Å². The van der Waals surface area contributed by atoms with Gasteiger partial charge in [0.05, 0.1) is 24.4 Å². The minimum absolute atomic E-state index is 0.0704. The van der Waals surface area contributed by atoms with Crippen molar-refractivity contribution in [2.24, 2.45) is 0 Å². The number of benzene rings is 2. The summed E-state index contributed by atoms with van der Waals surface area (Å²) in [7, 11) is 0. The highest BCUT2D eigenvalue weighted by Gasteiger charge is 2.18. The summed E-state index contributed by atoms with van der Waals surface area (Å²) in [5, 5.41) is 17.0. The Bertz CT molecular complexity index is 1090. The number of hydrogen-bond donors (Lipinski definition) is 3. The number of rotatable bonds is 8. The lowest BCUT2D eigenvalue weighted by molar-refractivity contribution is 0.0938. The first-order valence-corrected chi connectivity index (χ1v) is 11.0. The molecular weight excluding hydrogens is 408 g/mol. The molecule has 1 aliphatic carbocycles. The van der Waals surface area contributed by atoms with Gasteiger partial charge in [0.25, 0.3) is 5.91 Å². The molecule has 3 aromatic rings. The van der Waals surface area contributed by atoms with Gasteiger partial charge in [-0.3, -0.25) is 4.79 Å². The second-order valence-electron chi connectivity index (χ2n) is 7.78. The van der Waals surface area contributed by atoms with Crippen molar-refractivity contribution in [3.63, 3.8) is 0 Å². The summed E-state index contributed by atoms with van der Waals surface area (Å²) in [5.74, 6) is 0.555. The monoisotopic (exact) mass is 436 g/mol. The highest BCUT2D eigenvalue weighted by atomic mass is 16.5. The van der Waals surface area contributed by atoms with Crippen molar-refractivity contribution in [3.05, 3.63) is 48.0 Å². The van der Waals surface area contributed by atoms with Crippen LogP contribution >= 0.6 is 0 Å². The van der Waals surface area contributed by atoms with Crippen molar-refractivity contribution in [1.29, 1.82) is 0 Å². The molecule has 1 fully saturated rings. The summed E-state index contributed by atoms with van der Waals surface area (Å²) in [6, 6.07) is 12.6. The number of amides is 3. The van der Waals surface area contributed by atoms with Gasteiger partial charge in [-0.2, -0.15) is 0 Å². The quantitative estimate of drug-likeness (QED) is 0.502. The van der Waals surface area contributed by atoms with Gasteiger partial charge in [-0.1, -0.05) is 30.2 Å². The first-order valence-electron chi connectivity index (χ1n) is 11.0. The lowest BCUT2D eigenvalue weighted by Crippen LogP contribution is -2.32. The molecule has 168 valence electrons. The summed E-state index contributed by atoms with van der Waals surface area (Å²) >= 11 is 0. The number of nitrogens with zero attached hydrogens (tertiary/aromatic N) is 3. The molecular formula is C23H28N6O3. The largest absolute Gasteiger partial charge is 0.492 e. The molecule has 0 aliphatic heterocycles. The van der Waals surface area contributed by atoms with Gasteiger partial charge >= 0.3 is 6.03 Å². The fourth-order valence-electron chi connectivity index (χ4n) is 3.91. The Morgan fingerprint density at radius 2 is 1.97 bits per heavy atom. The zero-order valence-corrected chi connectivity index (χ0v) is 18.1. The van der Waals surface area contributed by atoms with Crippen LogP contribution < -0.4 is 20.7 Å². The molecule has 32 heavy (non-hydrogen) atoms. The number of urea groups is 1. The first-order chi connectivity index (χ1) is 15.6. The molecule has 3 amide bonds. The number of carbonyl (C=O) groups is 2. The van der Waals surface area contributed by atoms with Gasteiger partial charge in [0.2, 0.25) is 0 Å². The van der Waals surface area contributed by atoms with Gasteiger partial charge in [0, 0.05) is 18.2 Å². The molecule has 1 heterocycles. The van der Waals surface area contributed by atoms with Crippen molar-refractivity contribution < 1.29 is 14.3 Å². The topological polar surface area (TPSA) is 110 Å². The normalized spacial score (nSPS) is 13.8. The average Bonchev–Trinajstić information content (AvgIpc) is 3.45. The number of para-hydroxylation sites is 2. The van der Waals surface area contributed by atoms with E-state index >= 15 is 0 Å². The fourth-order valence-corrected chi connectivity index (χ4v) is 3.91. The molecule has 9 nitrogen and oxygen atoms in total. The van der Waals surface area contributed by atoms with Crippen LogP contribution in [0.5, 0.6) is 5.75 Å². The van der Waals surface area contributed by atoms with Crippen LogP contribution in [0.3, 0.4) is 0 Å². The Kier molecular flexibility index (Phi) is 6.84. The maximum Gasteiger partial charge on any atom is 0.319 e. The Hall–Kier alpha value is -3.62. The summed E-state index contributed by atoms with van der Waals surface area (Å²) in [6.07, 6.45) is 4.43. The van der Waals surface area contributed by atoms with Crippen LogP contribution in [0.1, 0.15) is 43.0 Å². The third-order valence-corrected chi connectivity index (χ3v) is 5.51. The van der Waals surface area contributed by atoms with E-state index in [0.29, 0.717) is 42.2 Å². The molecule has 3 N–H and O–H groups in total. The maximum atomic E-state index is 12.5. The highest BCUT2D eigenvalue weighted by molar-refractivity contribution is 5.97. The first kappa shape index (κ1) is 21.6. The van der Waals surface area contributed by atoms with E-state index in [2.05, 4.69) is 26.3 Å². The molecule has 1 aromatic heterocycles. The van der Waals surface area contributed by atoms with E-state index < -0.39 is 0 Å². The molecule has 0 bridgehead atoms. The smallest absolute Gasteiger partial charge is 0.319 e. The van der Waals surface area contributed by atoms with E-state index in [-0.39, 0.29) is 18.0 Å². The standard InChI is InChI=1S/C23H28N6O3/c1-2-32-21-10-6-5-9-18(21)26-23(31)24-13-14-29-20-12-11-16(15-19(20)27-28-29)22(30)25-17-7-3-4-8-17/h5-6,9-12,15,17H,2-4,7-8,13-14H2,1H3,(H,25,30)(H2,24,26,31). The number of fused-ring (bicyclic) bond motifs is 1. The number of anilines is 1. The third-order valence-electron chi connectivity index (χ3n) is 5.51. The zero-order valence-electron chi connectivity index (χ0n) is 18.1. The Balaban J connectivity index is 1.32. The Morgan fingerprint density at radius 3 is 2.78 bits per heavy atom. The molecule has 9 heteroatoms. The minimum atomic E-state index is -0.326. The number of aromatic nitrogens is 3. The number of hydrogen-bond acceptors (Lipinski definition) is 5. The maximum absolute atomic E-state index is 12.5. The summed E-state index contributed by atoms with van der Waals surface area (Å²) in [5.41, 5.74) is 2.66. The van der Waals surface area contributed by atoms with Crippen LogP contribution in [-0.4, -0.2) is 46.1 Å². The molecule has 1 saturated carbocycles. The summed E-state index contributed by atoms with van der Waals surface area (Å²) in [4.78, 5) is 24.7. The van der Waals surface area contributed by atoms with Gasteiger partial charge in [-0.25, -0.2) is 9.48 Å². The Morgan fingerprint density at radius 1 is 1.16 bits per heavy atom. The van der Waals surface area contributed by atoms with Crippen LogP contribution in [0.25, 0.3) is 11.0 Å². The van der Waals surface area contributed by atoms with Crippen LogP contribution in [0.15, 0.2) is 42.5 Å². The molecule has 0 unspecified atom stereocenters. The minimum Gasteiger partial charge on any atom is -0.492 e. The lowest BCUT2D eigenvalue weighted by atomic mass is 10.1. The van der Waals surface area contributed by atoms with E-state index in [9.17, 15) is 9.59 Å². The Labute approximate surface area is 186 Å². The predicted molar refractivity (Wildman–Crippen MR) is 122 cm³/mol. The molecule has 0 radical (unpaired) electrons. The number of nitrogens with one attached hydrogen (secondary N) is 3. The van der Waals surface area contributed by atoms with Crippen molar-refractivity contribution in [2.45, 2.75) is 45.2 Å². The second-order valence-corrected chi connectivity index (χ2v) is 7.78. The van der Waals surface area contributed by atoms with Crippen LogP contribution in [0, 0.1) is 0 Å². The van der Waals surface area contributed by atoms with E-state index in [0.717, 1.165) is 18.4 Å². The molecule has 0 spiro atoms. The van der Waals surface area contributed by atoms with E-state index in [1.165, 1.54) is 12.8 Å². The molecule has 1 aliphatic rings. The fraction of sp³-hybridized carbons (Fsp3) is 0.391. The molecule has 4 rings (SSSR count). The molecule has 0 saturated heterocycles. The lowest BCUT2D eigenvalue weighted by Gasteiger charge is -2.12. The molecule has 2 aromatic carbocycles. The third kappa shape index (κ3) is 5.16. The second kappa shape index (κ2) is 10.1. The van der Waals surface area contributed by atoms with Crippen LogP contribution in [-0.2, 0) is 6.54 Å². The van der Waals surface area contributed by atoms with Gasteiger partial charge in [0.1, 0.15) is 11.3 Å². The average molecular weight is 437 g/mol. The van der Waals surface area contributed by atoms with Gasteiger partial charge in [0.15, 0.2) is 0 Å². The van der Waals surface area contributed by atoms with Crippen molar-refractivity contribution in [2.75, 3.05) is 18.5 Å². The van der Waals surface area contributed by atoms with Gasteiger partial charge in [-0.15, -0.1) is 5.10 Å². The molecule has 0 atom stereocenters. The van der Waals surface area contributed by atoms with E-state index in [1.807, 2.05) is 31.2 Å².